The van der Waals surface area contributed by atoms with Crippen molar-refractivity contribution < 1.29 is 5.11 Å². The summed E-state index contributed by atoms with van der Waals surface area (Å²) in [6.07, 6.45) is 7.34. The average molecular weight is 234 g/mol. The van der Waals surface area contributed by atoms with E-state index in [9.17, 15) is 5.11 Å². The molecule has 1 heteroatoms. The Hall–Kier alpha value is -0.820. The van der Waals surface area contributed by atoms with Crippen molar-refractivity contribution in [3.8, 4) is 0 Å². The van der Waals surface area contributed by atoms with Crippen molar-refractivity contribution >= 4 is 0 Å². The number of hydrogen-bond acceptors (Lipinski definition) is 1. The molecule has 0 spiro atoms. The average Bonchev–Trinajstić information content (AvgIpc) is 2.34. The minimum absolute atomic E-state index is 0.247. The molecule has 0 bridgehead atoms. The van der Waals surface area contributed by atoms with Gasteiger partial charge in [-0.05, 0) is 18.9 Å². The van der Waals surface area contributed by atoms with Gasteiger partial charge in [0.15, 0.2) is 0 Å². The van der Waals surface area contributed by atoms with Crippen molar-refractivity contribution in [2.24, 2.45) is 0 Å². The molecule has 0 aliphatic heterocycles. The molecule has 0 saturated carbocycles. The van der Waals surface area contributed by atoms with Gasteiger partial charge >= 0.3 is 0 Å². The van der Waals surface area contributed by atoms with E-state index in [0.29, 0.717) is 5.92 Å². The Bertz CT molecular complexity index is 279. The second-order valence-corrected chi connectivity index (χ2v) is 4.96. The van der Waals surface area contributed by atoms with Crippen molar-refractivity contribution in [3.63, 3.8) is 0 Å². The first kappa shape index (κ1) is 14.2. The summed E-state index contributed by atoms with van der Waals surface area (Å²) < 4.78 is 0. The van der Waals surface area contributed by atoms with E-state index in [1.165, 1.54) is 37.7 Å². The molecule has 0 saturated heterocycles. The Morgan fingerprint density at radius 3 is 2.24 bits per heavy atom. The normalized spacial score (nSPS) is 14.5. The van der Waals surface area contributed by atoms with E-state index in [0.717, 1.165) is 6.42 Å². The summed E-state index contributed by atoms with van der Waals surface area (Å²) in [5.74, 6) is 0.304. The van der Waals surface area contributed by atoms with Gasteiger partial charge < -0.3 is 5.11 Å². The first-order valence-corrected chi connectivity index (χ1v) is 6.98. The molecule has 1 nitrogen and oxygen atoms in total. The van der Waals surface area contributed by atoms with Crippen LogP contribution in [0.2, 0.25) is 0 Å². The van der Waals surface area contributed by atoms with E-state index in [2.05, 4.69) is 31.2 Å². The lowest BCUT2D eigenvalue weighted by Crippen LogP contribution is -2.14. The predicted octanol–water partition coefficient (Wildman–Crippen LogP) is 4.51. The Labute approximate surface area is 106 Å². The fraction of sp³-hybridized carbons (Fsp3) is 0.625. The van der Waals surface area contributed by atoms with Crippen molar-refractivity contribution in [2.75, 3.05) is 0 Å². The molecule has 1 rings (SSSR count). The summed E-state index contributed by atoms with van der Waals surface area (Å²) in [4.78, 5) is 0. The van der Waals surface area contributed by atoms with Crippen molar-refractivity contribution in [2.45, 2.75) is 64.4 Å². The molecule has 2 unspecified atom stereocenters. The molecule has 1 aromatic carbocycles. The molecule has 0 aromatic heterocycles. The lowest BCUT2D eigenvalue weighted by Gasteiger charge is -2.20. The van der Waals surface area contributed by atoms with Crippen molar-refractivity contribution in [1.82, 2.24) is 0 Å². The number of aliphatic hydroxyl groups excluding tert-OH is 1. The highest BCUT2D eigenvalue weighted by Crippen LogP contribution is 2.26. The topological polar surface area (TPSA) is 20.2 Å². The molecule has 1 N–H and O–H groups in total. The highest BCUT2D eigenvalue weighted by atomic mass is 16.3. The second-order valence-electron chi connectivity index (χ2n) is 4.96. The summed E-state index contributed by atoms with van der Waals surface area (Å²) in [6.45, 7) is 4.15. The summed E-state index contributed by atoms with van der Waals surface area (Å²) in [5, 5.41) is 9.87. The van der Waals surface area contributed by atoms with Crippen LogP contribution in [0.25, 0.3) is 0 Å². The smallest absolute Gasteiger partial charge is 0.0580 e. The Balaban J connectivity index is 2.40. The van der Waals surface area contributed by atoms with Gasteiger partial charge in [0.25, 0.3) is 0 Å². The zero-order chi connectivity index (χ0) is 12.5. The lowest BCUT2D eigenvalue weighted by molar-refractivity contribution is 0.156. The maximum atomic E-state index is 9.87. The van der Waals surface area contributed by atoms with Crippen LogP contribution in [-0.2, 0) is 0 Å². The van der Waals surface area contributed by atoms with Gasteiger partial charge in [-0.2, -0.15) is 0 Å². The number of aliphatic hydroxyl groups is 1. The Kier molecular flexibility index (Phi) is 6.95. The summed E-state index contributed by atoms with van der Waals surface area (Å²) in [5.41, 5.74) is 1.28. The predicted molar refractivity (Wildman–Crippen MR) is 74.2 cm³/mol. The van der Waals surface area contributed by atoms with E-state index in [1.54, 1.807) is 0 Å². The zero-order valence-electron chi connectivity index (χ0n) is 11.2. The first-order chi connectivity index (χ1) is 8.25. The molecule has 96 valence electrons. The van der Waals surface area contributed by atoms with Crippen LogP contribution in [0.4, 0.5) is 0 Å². The molecular formula is C16H26O. The number of hydrogen-bond donors (Lipinski definition) is 1. The van der Waals surface area contributed by atoms with Crippen LogP contribution >= 0.6 is 0 Å². The van der Waals surface area contributed by atoms with Crippen LogP contribution in [0, 0.1) is 0 Å². The maximum absolute atomic E-state index is 9.87. The largest absolute Gasteiger partial charge is 0.393 e. The maximum Gasteiger partial charge on any atom is 0.0580 e. The van der Waals surface area contributed by atoms with E-state index in [1.807, 2.05) is 13.0 Å². The van der Waals surface area contributed by atoms with E-state index in [4.69, 9.17) is 0 Å². The molecule has 17 heavy (non-hydrogen) atoms. The van der Waals surface area contributed by atoms with Gasteiger partial charge in [-0.1, -0.05) is 69.4 Å². The third-order valence-corrected chi connectivity index (χ3v) is 3.43. The molecule has 0 amide bonds. The Morgan fingerprint density at radius 1 is 1.00 bits per heavy atom. The molecular weight excluding hydrogens is 208 g/mol. The van der Waals surface area contributed by atoms with Crippen LogP contribution in [-0.4, -0.2) is 11.2 Å². The van der Waals surface area contributed by atoms with E-state index < -0.39 is 0 Å². The monoisotopic (exact) mass is 234 g/mol. The molecule has 0 aliphatic carbocycles. The summed E-state index contributed by atoms with van der Waals surface area (Å²) >= 11 is 0. The van der Waals surface area contributed by atoms with Crippen molar-refractivity contribution in [1.29, 1.82) is 0 Å². The fourth-order valence-electron chi connectivity index (χ4n) is 2.35. The van der Waals surface area contributed by atoms with Crippen LogP contribution in [0.15, 0.2) is 30.3 Å². The van der Waals surface area contributed by atoms with Gasteiger partial charge in [0.1, 0.15) is 0 Å². The third-order valence-electron chi connectivity index (χ3n) is 3.43. The minimum atomic E-state index is -0.247. The van der Waals surface area contributed by atoms with Crippen LogP contribution in [0.5, 0.6) is 0 Å². The molecule has 1 aromatic rings. The van der Waals surface area contributed by atoms with Gasteiger partial charge in [-0.25, -0.2) is 0 Å². The zero-order valence-corrected chi connectivity index (χ0v) is 11.2. The van der Waals surface area contributed by atoms with Crippen molar-refractivity contribution in [3.05, 3.63) is 35.9 Å². The number of rotatable bonds is 8. The first-order valence-electron chi connectivity index (χ1n) is 6.98. The van der Waals surface area contributed by atoms with Gasteiger partial charge in [0.2, 0.25) is 0 Å². The summed E-state index contributed by atoms with van der Waals surface area (Å²) in [6, 6.07) is 10.4. The Morgan fingerprint density at radius 2 is 1.65 bits per heavy atom. The number of benzene rings is 1. The highest BCUT2D eigenvalue weighted by Gasteiger charge is 2.16. The molecule has 0 heterocycles. The van der Waals surface area contributed by atoms with Gasteiger partial charge in [-0.15, -0.1) is 0 Å². The van der Waals surface area contributed by atoms with Crippen LogP contribution < -0.4 is 0 Å². The third kappa shape index (κ3) is 5.36. The molecule has 0 radical (unpaired) electrons. The fourth-order valence-corrected chi connectivity index (χ4v) is 2.35. The molecule has 0 fully saturated rings. The second kappa shape index (κ2) is 8.30. The quantitative estimate of drug-likeness (QED) is 0.656. The highest BCUT2D eigenvalue weighted by molar-refractivity contribution is 5.20. The van der Waals surface area contributed by atoms with Crippen LogP contribution in [0.1, 0.15) is 63.9 Å². The molecule has 2 atom stereocenters. The minimum Gasteiger partial charge on any atom is -0.393 e. The molecule has 0 aliphatic rings. The lowest BCUT2D eigenvalue weighted by atomic mass is 9.89. The van der Waals surface area contributed by atoms with Crippen LogP contribution in [0.3, 0.4) is 0 Å². The van der Waals surface area contributed by atoms with Gasteiger partial charge in [0.05, 0.1) is 6.10 Å². The summed E-state index contributed by atoms with van der Waals surface area (Å²) in [7, 11) is 0. The SMILES string of the molecule is CCCCCCCC(c1ccccc1)C(C)O. The number of unbranched alkanes of at least 4 members (excludes halogenated alkanes) is 4. The standard InChI is InChI=1S/C16H26O/c1-3-4-5-6-10-13-16(14(2)17)15-11-8-7-9-12-15/h7-9,11-12,14,16-17H,3-6,10,13H2,1-2H3. The van der Waals surface area contributed by atoms with E-state index >= 15 is 0 Å². The van der Waals surface area contributed by atoms with E-state index in [-0.39, 0.29) is 6.10 Å². The van der Waals surface area contributed by atoms with Gasteiger partial charge in [-0.3, -0.25) is 0 Å². The van der Waals surface area contributed by atoms with Gasteiger partial charge in [0, 0.05) is 5.92 Å².